The molecule has 1 amide bonds. The molecule has 0 atom stereocenters. The van der Waals surface area contributed by atoms with Crippen molar-refractivity contribution in [2.45, 2.75) is 32.2 Å². The Hall–Kier alpha value is -0.810. The number of alkyl carbamates (subject to hydrolysis) is 1. The van der Waals surface area contributed by atoms with Gasteiger partial charge in [-0.25, -0.2) is 4.79 Å². The van der Waals surface area contributed by atoms with E-state index in [9.17, 15) is 9.90 Å². The number of carbonyl (C=O) groups is 1. The summed E-state index contributed by atoms with van der Waals surface area (Å²) in [6, 6.07) is 0. The number of carbonyl (C=O) groups excluding carboxylic acids is 1. The Morgan fingerprint density at radius 3 is 2.62 bits per heavy atom. The van der Waals surface area contributed by atoms with Gasteiger partial charge in [0.2, 0.25) is 0 Å². The van der Waals surface area contributed by atoms with Gasteiger partial charge in [0.25, 0.3) is 0 Å². The monoisotopic (exact) mass is 231 g/mol. The molecule has 1 aliphatic heterocycles. The Labute approximate surface area is 96.1 Å². The first-order chi connectivity index (χ1) is 7.58. The third kappa shape index (κ3) is 3.98. The van der Waals surface area contributed by atoms with Gasteiger partial charge in [-0.2, -0.15) is 0 Å². The maximum absolute atomic E-state index is 11.5. The smallest absolute Gasteiger partial charge is 0.407 e. The van der Waals surface area contributed by atoms with Crippen LogP contribution >= 0.6 is 0 Å². The zero-order valence-corrected chi connectivity index (χ0v) is 9.99. The minimum atomic E-state index is -0.563. The second-order valence-corrected chi connectivity index (χ2v) is 4.67. The molecule has 1 saturated heterocycles. The van der Waals surface area contributed by atoms with Crippen molar-refractivity contribution < 1.29 is 19.4 Å². The summed E-state index contributed by atoms with van der Waals surface area (Å²) < 4.78 is 10.2. The second-order valence-electron chi connectivity index (χ2n) is 4.67. The number of amides is 1. The first-order valence-electron chi connectivity index (χ1n) is 5.71. The number of ether oxygens (including phenoxy) is 2. The maximum atomic E-state index is 11.5. The van der Waals surface area contributed by atoms with E-state index in [4.69, 9.17) is 9.47 Å². The molecule has 5 heteroatoms. The Bertz CT molecular complexity index is 224. The number of aliphatic hydroxyl groups excluding tert-OH is 1. The summed E-state index contributed by atoms with van der Waals surface area (Å²) in [5, 5.41) is 12.1. The van der Waals surface area contributed by atoms with E-state index in [0.29, 0.717) is 38.6 Å². The molecule has 0 aromatic carbocycles. The molecule has 0 radical (unpaired) electrons. The second kappa shape index (κ2) is 6.06. The van der Waals surface area contributed by atoms with Gasteiger partial charge < -0.3 is 19.9 Å². The van der Waals surface area contributed by atoms with Crippen LogP contribution in [0.2, 0.25) is 0 Å². The lowest BCUT2D eigenvalue weighted by molar-refractivity contribution is 0.00998. The van der Waals surface area contributed by atoms with E-state index in [2.05, 4.69) is 5.32 Å². The normalized spacial score (nSPS) is 19.5. The van der Waals surface area contributed by atoms with E-state index in [-0.39, 0.29) is 6.61 Å². The Morgan fingerprint density at radius 1 is 1.50 bits per heavy atom. The zero-order valence-electron chi connectivity index (χ0n) is 9.99. The molecule has 0 aromatic rings. The number of hydrogen-bond donors (Lipinski definition) is 2. The molecule has 16 heavy (non-hydrogen) atoms. The first kappa shape index (κ1) is 13.3. The third-order valence-electron chi connectivity index (χ3n) is 2.67. The Kier molecular flexibility index (Phi) is 5.02. The van der Waals surface area contributed by atoms with Crippen LogP contribution in [0.15, 0.2) is 0 Å². The van der Waals surface area contributed by atoms with Gasteiger partial charge in [-0.05, 0) is 18.8 Å². The molecule has 0 aromatic heterocycles. The summed E-state index contributed by atoms with van der Waals surface area (Å²) in [6.45, 7) is 5.39. The van der Waals surface area contributed by atoms with Crippen molar-refractivity contribution in [1.82, 2.24) is 5.32 Å². The fourth-order valence-corrected chi connectivity index (χ4v) is 1.58. The van der Waals surface area contributed by atoms with Gasteiger partial charge in [0.15, 0.2) is 0 Å². The highest BCUT2D eigenvalue weighted by atomic mass is 16.5. The molecular weight excluding hydrogens is 210 g/mol. The fourth-order valence-electron chi connectivity index (χ4n) is 1.58. The first-order valence-corrected chi connectivity index (χ1v) is 5.71. The average molecular weight is 231 g/mol. The largest absolute Gasteiger partial charge is 0.449 e. The van der Waals surface area contributed by atoms with Gasteiger partial charge in [0.05, 0.1) is 18.8 Å². The number of aliphatic hydroxyl groups is 1. The van der Waals surface area contributed by atoms with Crippen molar-refractivity contribution in [3.63, 3.8) is 0 Å². The standard InChI is InChI=1S/C11H21NO4/c1-9(2)7-16-10(14)12-11(8-13)3-5-15-6-4-11/h9,13H,3-8H2,1-2H3,(H,12,14). The number of hydrogen-bond acceptors (Lipinski definition) is 4. The predicted molar refractivity (Wildman–Crippen MR) is 59.2 cm³/mol. The van der Waals surface area contributed by atoms with E-state index in [1.165, 1.54) is 0 Å². The van der Waals surface area contributed by atoms with Gasteiger partial charge in [-0.15, -0.1) is 0 Å². The van der Waals surface area contributed by atoms with Crippen LogP contribution < -0.4 is 5.32 Å². The molecule has 5 nitrogen and oxygen atoms in total. The van der Waals surface area contributed by atoms with E-state index < -0.39 is 11.6 Å². The van der Waals surface area contributed by atoms with Gasteiger partial charge in [-0.1, -0.05) is 13.8 Å². The molecule has 1 aliphatic rings. The molecule has 1 fully saturated rings. The van der Waals surface area contributed by atoms with Gasteiger partial charge in [0.1, 0.15) is 0 Å². The van der Waals surface area contributed by atoms with Crippen molar-refractivity contribution in [1.29, 1.82) is 0 Å². The molecule has 0 spiro atoms. The molecule has 1 heterocycles. The van der Waals surface area contributed by atoms with Crippen molar-refractivity contribution in [3.8, 4) is 0 Å². The van der Waals surface area contributed by atoms with Crippen molar-refractivity contribution in [2.75, 3.05) is 26.4 Å². The lowest BCUT2D eigenvalue weighted by Gasteiger charge is -2.35. The molecule has 2 N–H and O–H groups in total. The SMILES string of the molecule is CC(C)COC(=O)NC1(CO)CCOCC1. The quantitative estimate of drug-likeness (QED) is 0.754. The maximum Gasteiger partial charge on any atom is 0.407 e. The van der Waals surface area contributed by atoms with Crippen LogP contribution in [0.25, 0.3) is 0 Å². The predicted octanol–water partition coefficient (Wildman–Crippen LogP) is 0.910. The fraction of sp³-hybridized carbons (Fsp3) is 0.909. The van der Waals surface area contributed by atoms with E-state index in [1.807, 2.05) is 13.8 Å². The van der Waals surface area contributed by atoms with Crippen LogP contribution in [0.1, 0.15) is 26.7 Å². The van der Waals surface area contributed by atoms with E-state index in [1.54, 1.807) is 0 Å². The van der Waals surface area contributed by atoms with Crippen LogP contribution in [0, 0.1) is 5.92 Å². The lowest BCUT2D eigenvalue weighted by atomic mass is 9.91. The van der Waals surface area contributed by atoms with Crippen molar-refractivity contribution >= 4 is 6.09 Å². The zero-order chi connectivity index (χ0) is 12.0. The van der Waals surface area contributed by atoms with Crippen molar-refractivity contribution in [3.05, 3.63) is 0 Å². The summed E-state index contributed by atoms with van der Waals surface area (Å²) in [6.07, 6.45) is 0.797. The Morgan fingerprint density at radius 2 is 2.12 bits per heavy atom. The van der Waals surface area contributed by atoms with Crippen LogP contribution in [-0.2, 0) is 9.47 Å². The minimum absolute atomic E-state index is 0.0763. The average Bonchev–Trinajstić information content (AvgIpc) is 2.28. The van der Waals surface area contributed by atoms with E-state index in [0.717, 1.165) is 0 Å². The van der Waals surface area contributed by atoms with Crippen LogP contribution in [0.5, 0.6) is 0 Å². The van der Waals surface area contributed by atoms with Crippen LogP contribution in [0.3, 0.4) is 0 Å². The molecule has 0 saturated carbocycles. The lowest BCUT2D eigenvalue weighted by Crippen LogP contribution is -2.54. The molecule has 0 aliphatic carbocycles. The summed E-state index contributed by atoms with van der Waals surface area (Å²) in [7, 11) is 0. The number of nitrogens with one attached hydrogen (secondary N) is 1. The van der Waals surface area contributed by atoms with Gasteiger partial charge in [0, 0.05) is 13.2 Å². The van der Waals surface area contributed by atoms with E-state index >= 15 is 0 Å². The molecule has 94 valence electrons. The third-order valence-corrected chi connectivity index (χ3v) is 2.67. The molecular formula is C11H21NO4. The minimum Gasteiger partial charge on any atom is -0.449 e. The van der Waals surface area contributed by atoms with Crippen molar-refractivity contribution in [2.24, 2.45) is 5.92 Å². The van der Waals surface area contributed by atoms with Gasteiger partial charge in [-0.3, -0.25) is 0 Å². The van der Waals surface area contributed by atoms with Gasteiger partial charge >= 0.3 is 6.09 Å². The number of rotatable bonds is 4. The molecule has 0 bridgehead atoms. The van der Waals surface area contributed by atoms with Crippen LogP contribution in [-0.4, -0.2) is 43.2 Å². The molecule has 1 rings (SSSR count). The Balaban J connectivity index is 2.39. The van der Waals surface area contributed by atoms with Crippen LogP contribution in [0.4, 0.5) is 4.79 Å². The molecule has 0 unspecified atom stereocenters. The topological polar surface area (TPSA) is 67.8 Å². The summed E-state index contributed by atoms with van der Waals surface area (Å²) >= 11 is 0. The highest BCUT2D eigenvalue weighted by Crippen LogP contribution is 2.20. The summed E-state index contributed by atoms with van der Waals surface area (Å²) in [5.74, 6) is 0.311. The summed E-state index contributed by atoms with van der Waals surface area (Å²) in [5.41, 5.74) is -0.563. The highest BCUT2D eigenvalue weighted by Gasteiger charge is 2.34. The highest BCUT2D eigenvalue weighted by molar-refractivity contribution is 5.68. The summed E-state index contributed by atoms with van der Waals surface area (Å²) in [4.78, 5) is 11.5.